The lowest BCUT2D eigenvalue weighted by atomic mass is 10.2. The average molecular weight is 261 g/mol. The maximum absolute atomic E-state index is 10.7. The predicted octanol–water partition coefficient (Wildman–Crippen LogP) is 1.87. The first kappa shape index (κ1) is 12.8. The van der Waals surface area contributed by atoms with Gasteiger partial charge in [-0.05, 0) is 30.7 Å². The van der Waals surface area contributed by atoms with Crippen molar-refractivity contribution in [1.82, 2.24) is 5.32 Å². The van der Waals surface area contributed by atoms with Crippen LogP contribution in [0.15, 0.2) is 40.3 Å². The Hall–Kier alpha value is -1.62. The van der Waals surface area contributed by atoms with Crippen LogP contribution in [0.5, 0.6) is 0 Å². The van der Waals surface area contributed by atoms with E-state index in [2.05, 4.69) is 27.4 Å². The molecule has 5 heteroatoms. The Balaban J connectivity index is 1.71. The number of carbonyl (C=O) groups is 1. The SMILES string of the molecule is CC(=O)CN=C1NC(=NCCc2ccccc2)S1. The molecule has 0 saturated carbocycles. The molecule has 1 aromatic rings. The van der Waals surface area contributed by atoms with E-state index in [1.165, 1.54) is 24.2 Å². The van der Waals surface area contributed by atoms with Crippen molar-refractivity contribution in [3.05, 3.63) is 35.9 Å². The monoisotopic (exact) mass is 261 g/mol. The van der Waals surface area contributed by atoms with Gasteiger partial charge in [0.1, 0.15) is 6.54 Å². The molecule has 0 radical (unpaired) electrons. The van der Waals surface area contributed by atoms with Gasteiger partial charge in [0, 0.05) is 6.54 Å². The highest BCUT2D eigenvalue weighted by atomic mass is 32.2. The van der Waals surface area contributed by atoms with Crippen molar-refractivity contribution in [3.63, 3.8) is 0 Å². The molecule has 94 valence electrons. The van der Waals surface area contributed by atoms with E-state index >= 15 is 0 Å². The number of amidine groups is 2. The number of thioether (sulfide) groups is 1. The standard InChI is InChI=1S/C13H15N3OS/c1-10(17)9-15-13-16-12(18-13)14-8-7-11-5-3-2-4-6-11/h2-6H,7-9H2,1H3,(H,14,15,16). The van der Waals surface area contributed by atoms with Crippen LogP contribution in [0.25, 0.3) is 0 Å². The van der Waals surface area contributed by atoms with Gasteiger partial charge in [0.2, 0.25) is 0 Å². The Morgan fingerprint density at radius 3 is 2.56 bits per heavy atom. The number of hydrogen-bond acceptors (Lipinski definition) is 4. The van der Waals surface area contributed by atoms with E-state index in [-0.39, 0.29) is 12.3 Å². The number of nitrogens with zero attached hydrogens (tertiary/aromatic N) is 2. The van der Waals surface area contributed by atoms with Gasteiger partial charge in [-0.1, -0.05) is 30.3 Å². The molecule has 0 amide bonds. The second-order valence-corrected chi connectivity index (χ2v) is 4.95. The summed E-state index contributed by atoms with van der Waals surface area (Å²) >= 11 is 1.49. The van der Waals surface area contributed by atoms with E-state index in [4.69, 9.17) is 0 Å². The average Bonchev–Trinajstić information content (AvgIpc) is 2.32. The Kier molecular flexibility index (Phi) is 4.52. The molecule has 0 atom stereocenters. The number of Topliss-reactive ketones (excluding diaryl/α,β-unsaturated/α-hetero) is 1. The van der Waals surface area contributed by atoms with Gasteiger partial charge in [-0.2, -0.15) is 0 Å². The van der Waals surface area contributed by atoms with Gasteiger partial charge in [-0.25, -0.2) is 0 Å². The third-order valence-electron chi connectivity index (χ3n) is 2.35. The first-order valence-corrected chi connectivity index (χ1v) is 6.63. The third-order valence-corrected chi connectivity index (χ3v) is 3.20. The summed E-state index contributed by atoms with van der Waals surface area (Å²) < 4.78 is 0. The molecule has 0 aromatic heterocycles. The minimum atomic E-state index is 0.0689. The number of ketones is 1. The topological polar surface area (TPSA) is 53.8 Å². The maximum atomic E-state index is 10.7. The van der Waals surface area contributed by atoms with Crippen molar-refractivity contribution < 1.29 is 4.79 Å². The molecular weight excluding hydrogens is 246 g/mol. The molecule has 1 aliphatic rings. The van der Waals surface area contributed by atoms with E-state index < -0.39 is 0 Å². The van der Waals surface area contributed by atoms with Gasteiger partial charge in [0.25, 0.3) is 0 Å². The van der Waals surface area contributed by atoms with Crippen LogP contribution in [0.3, 0.4) is 0 Å². The van der Waals surface area contributed by atoms with Crippen LogP contribution < -0.4 is 5.32 Å². The van der Waals surface area contributed by atoms with Gasteiger partial charge in [-0.3, -0.25) is 14.8 Å². The second kappa shape index (κ2) is 6.35. The molecule has 0 bridgehead atoms. The summed E-state index contributed by atoms with van der Waals surface area (Å²) in [5, 5.41) is 4.70. The molecule has 18 heavy (non-hydrogen) atoms. The van der Waals surface area contributed by atoms with E-state index in [9.17, 15) is 4.79 Å². The molecular formula is C13H15N3OS. The fourth-order valence-corrected chi connectivity index (χ4v) is 2.06. The van der Waals surface area contributed by atoms with Crippen molar-refractivity contribution in [2.45, 2.75) is 13.3 Å². The van der Waals surface area contributed by atoms with Gasteiger partial charge in [-0.15, -0.1) is 0 Å². The number of rotatable bonds is 5. The van der Waals surface area contributed by atoms with Crippen molar-refractivity contribution in [2.24, 2.45) is 9.98 Å². The zero-order valence-electron chi connectivity index (χ0n) is 10.2. The molecule has 0 unspecified atom stereocenters. The molecule has 1 fully saturated rings. The van der Waals surface area contributed by atoms with E-state index in [1.807, 2.05) is 18.2 Å². The fraction of sp³-hybridized carbons (Fsp3) is 0.308. The number of benzene rings is 1. The first-order valence-electron chi connectivity index (χ1n) is 5.81. The lowest BCUT2D eigenvalue weighted by Crippen LogP contribution is -2.39. The fourth-order valence-electron chi connectivity index (χ4n) is 1.45. The van der Waals surface area contributed by atoms with Gasteiger partial charge >= 0.3 is 0 Å². The van der Waals surface area contributed by atoms with Crippen LogP contribution in [0.2, 0.25) is 0 Å². The lowest BCUT2D eigenvalue weighted by molar-refractivity contribution is -0.115. The highest BCUT2D eigenvalue weighted by Gasteiger charge is 2.18. The lowest BCUT2D eigenvalue weighted by Gasteiger charge is -2.19. The zero-order chi connectivity index (χ0) is 12.8. The molecule has 4 nitrogen and oxygen atoms in total. The van der Waals surface area contributed by atoms with Crippen LogP contribution in [0.1, 0.15) is 12.5 Å². The van der Waals surface area contributed by atoms with Crippen LogP contribution in [0.4, 0.5) is 0 Å². The van der Waals surface area contributed by atoms with Crippen LogP contribution in [0, 0.1) is 0 Å². The van der Waals surface area contributed by atoms with E-state index in [1.54, 1.807) is 0 Å². The van der Waals surface area contributed by atoms with Gasteiger partial charge < -0.3 is 5.32 Å². The highest BCUT2D eigenvalue weighted by Crippen LogP contribution is 2.14. The molecule has 1 heterocycles. The quantitative estimate of drug-likeness (QED) is 0.880. The molecule has 2 rings (SSSR count). The van der Waals surface area contributed by atoms with Crippen LogP contribution in [-0.4, -0.2) is 29.2 Å². The summed E-state index contributed by atoms with van der Waals surface area (Å²) in [5.41, 5.74) is 1.29. The Morgan fingerprint density at radius 1 is 1.22 bits per heavy atom. The number of aliphatic imine (C=N–C) groups is 2. The van der Waals surface area contributed by atoms with Crippen molar-refractivity contribution in [1.29, 1.82) is 0 Å². The minimum Gasteiger partial charge on any atom is -0.314 e. The van der Waals surface area contributed by atoms with Crippen molar-refractivity contribution in [3.8, 4) is 0 Å². The summed E-state index contributed by atoms with van der Waals surface area (Å²) in [6.07, 6.45) is 0.937. The minimum absolute atomic E-state index is 0.0689. The number of carbonyl (C=O) groups excluding carboxylic acids is 1. The van der Waals surface area contributed by atoms with Crippen molar-refractivity contribution in [2.75, 3.05) is 13.1 Å². The van der Waals surface area contributed by atoms with E-state index in [0.29, 0.717) is 0 Å². The molecule has 1 saturated heterocycles. The number of hydrogen-bond donors (Lipinski definition) is 1. The van der Waals surface area contributed by atoms with Gasteiger partial charge in [0.15, 0.2) is 16.1 Å². The largest absolute Gasteiger partial charge is 0.314 e. The highest BCUT2D eigenvalue weighted by molar-refractivity contribution is 8.29. The van der Waals surface area contributed by atoms with Crippen LogP contribution >= 0.6 is 11.8 Å². The molecule has 0 spiro atoms. The van der Waals surface area contributed by atoms with Gasteiger partial charge in [0.05, 0.1) is 0 Å². The van der Waals surface area contributed by atoms with Crippen molar-refractivity contribution >= 4 is 27.9 Å². The Bertz CT molecular complexity index is 472. The first-order chi connectivity index (χ1) is 8.74. The zero-order valence-corrected chi connectivity index (χ0v) is 11.0. The second-order valence-electron chi connectivity index (χ2n) is 3.97. The predicted molar refractivity (Wildman–Crippen MR) is 76.2 cm³/mol. The van der Waals surface area contributed by atoms with E-state index in [0.717, 1.165) is 23.3 Å². The van der Waals surface area contributed by atoms with Crippen LogP contribution in [-0.2, 0) is 11.2 Å². The normalized spacial score (nSPS) is 18.5. The molecule has 1 N–H and O–H groups in total. The summed E-state index contributed by atoms with van der Waals surface area (Å²) in [6, 6.07) is 10.3. The summed E-state index contributed by atoms with van der Waals surface area (Å²) in [6.45, 7) is 2.54. The smallest absolute Gasteiger partial charge is 0.170 e. The maximum Gasteiger partial charge on any atom is 0.170 e. The Labute approximate surface area is 111 Å². The molecule has 1 aromatic carbocycles. The molecule has 0 aliphatic carbocycles. The summed E-state index contributed by atoms with van der Waals surface area (Å²) in [7, 11) is 0. The Morgan fingerprint density at radius 2 is 1.89 bits per heavy atom. The third kappa shape index (κ3) is 4.00. The summed E-state index contributed by atoms with van der Waals surface area (Å²) in [5.74, 6) is 0.0689. The number of nitrogens with one attached hydrogen (secondary N) is 1. The molecule has 1 aliphatic heterocycles. The summed E-state index contributed by atoms with van der Waals surface area (Å²) in [4.78, 5) is 19.2.